The molecule has 2 N–H and O–H groups in total. The van der Waals surface area contributed by atoms with E-state index in [-0.39, 0.29) is 0 Å². The van der Waals surface area contributed by atoms with Gasteiger partial charge in [-0.2, -0.15) is 0 Å². The fourth-order valence-electron chi connectivity index (χ4n) is 5.66. The zero-order chi connectivity index (χ0) is 26.1. The summed E-state index contributed by atoms with van der Waals surface area (Å²) in [5.41, 5.74) is 14.1. The molecule has 4 aromatic carbocycles. The summed E-state index contributed by atoms with van der Waals surface area (Å²) in [7, 11) is 0. The van der Waals surface area contributed by atoms with Crippen LogP contribution in [-0.2, 0) is 6.42 Å². The van der Waals surface area contributed by atoms with Gasteiger partial charge in [0.05, 0.1) is 0 Å². The summed E-state index contributed by atoms with van der Waals surface area (Å²) < 4.78 is 0. The van der Waals surface area contributed by atoms with Gasteiger partial charge in [-0.1, -0.05) is 83.4 Å². The predicted octanol–water partition coefficient (Wildman–Crippen LogP) is 7.60. The quantitative estimate of drug-likeness (QED) is 0.299. The van der Waals surface area contributed by atoms with E-state index in [0.717, 1.165) is 73.2 Å². The van der Waals surface area contributed by atoms with Gasteiger partial charge in [0, 0.05) is 0 Å². The van der Waals surface area contributed by atoms with Crippen molar-refractivity contribution in [3.05, 3.63) is 139 Å². The largest absolute Gasteiger partial charge is 0.384 e. The standard InChI is InChI=1S/C34H38O2/c1-20-13-21(2)16-29(15-20)33(35)30-17-22(3)14-27(19-30)18-28-12-11-25(6)32(26(28)7)34(36)31-23(4)9-8-10-24(31)5/h8-17,19,33-36H,18H2,1-7H3. The van der Waals surface area contributed by atoms with E-state index < -0.39 is 12.2 Å². The minimum atomic E-state index is -0.664. The smallest absolute Gasteiger partial charge is 0.105 e. The van der Waals surface area contributed by atoms with Crippen molar-refractivity contribution in [2.75, 3.05) is 0 Å². The van der Waals surface area contributed by atoms with Crippen LogP contribution in [0.2, 0.25) is 0 Å². The topological polar surface area (TPSA) is 40.5 Å². The van der Waals surface area contributed by atoms with Crippen LogP contribution in [0.5, 0.6) is 0 Å². The summed E-state index contributed by atoms with van der Waals surface area (Å²) in [5, 5.41) is 22.7. The Morgan fingerprint density at radius 3 is 1.69 bits per heavy atom. The van der Waals surface area contributed by atoms with Crippen LogP contribution in [-0.4, -0.2) is 10.2 Å². The number of rotatable bonds is 6. The molecule has 0 aliphatic rings. The van der Waals surface area contributed by atoms with Crippen molar-refractivity contribution in [2.45, 2.75) is 67.1 Å². The lowest BCUT2D eigenvalue weighted by Gasteiger charge is -2.23. The van der Waals surface area contributed by atoms with Gasteiger partial charge in [-0.15, -0.1) is 0 Å². The van der Waals surface area contributed by atoms with Crippen molar-refractivity contribution in [3.63, 3.8) is 0 Å². The first-order chi connectivity index (χ1) is 17.0. The Labute approximate surface area is 216 Å². The Bertz CT molecular complexity index is 1370. The number of hydrogen-bond donors (Lipinski definition) is 2. The Morgan fingerprint density at radius 2 is 1.08 bits per heavy atom. The number of hydrogen-bond acceptors (Lipinski definition) is 2. The Hall–Kier alpha value is -3.20. The van der Waals surface area contributed by atoms with Crippen molar-refractivity contribution in [2.24, 2.45) is 0 Å². The molecule has 2 heteroatoms. The Morgan fingerprint density at radius 1 is 0.556 bits per heavy atom. The molecule has 4 rings (SSSR count). The van der Waals surface area contributed by atoms with Gasteiger partial charge in [0.2, 0.25) is 0 Å². The zero-order valence-electron chi connectivity index (χ0n) is 22.6. The van der Waals surface area contributed by atoms with Gasteiger partial charge >= 0.3 is 0 Å². The molecule has 4 aromatic rings. The molecule has 0 aromatic heterocycles. The van der Waals surface area contributed by atoms with Crippen LogP contribution in [0, 0.1) is 48.5 Å². The minimum Gasteiger partial charge on any atom is -0.384 e. The maximum absolute atomic E-state index is 11.5. The molecule has 2 unspecified atom stereocenters. The lowest BCUT2D eigenvalue weighted by molar-refractivity contribution is 0.217. The first-order valence-corrected chi connectivity index (χ1v) is 12.7. The molecule has 0 radical (unpaired) electrons. The van der Waals surface area contributed by atoms with Gasteiger partial charge in [0.1, 0.15) is 12.2 Å². The highest BCUT2D eigenvalue weighted by molar-refractivity contribution is 5.50. The summed E-state index contributed by atoms with van der Waals surface area (Å²) in [4.78, 5) is 0. The van der Waals surface area contributed by atoms with Crippen LogP contribution < -0.4 is 0 Å². The fourth-order valence-corrected chi connectivity index (χ4v) is 5.66. The molecule has 0 amide bonds. The van der Waals surface area contributed by atoms with Crippen molar-refractivity contribution < 1.29 is 10.2 Å². The van der Waals surface area contributed by atoms with Crippen molar-refractivity contribution >= 4 is 0 Å². The normalized spacial score (nSPS) is 13.0. The molecule has 0 saturated carbocycles. The van der Waals surface area contributed by atoms with Crippen molar-refractivity contribution in [3.8, 4) is 0 Å². The van der Waals surface area contributed by atoms with E-state index in [1.54, 1.807) is 0 Å². The van der Waals surface area contributed by atoms with Gasteiger partial charge < -0.3 is 10.2 Å². The van der Waals surface area contributed by atoms with Crippen LogP contribution in [0.3, 0.4) is 0 Å². The minimum absolute atomic E-state index is 0.661. The molecule has 0 bridgehead atoms. The molecule has 0 aliphatic heterocycles. The van der Waals surface area contributed by atoms with E-state index in [9.17, 15) is 10.2 Å². The van der Waals surface area contributed by atoms with E-state index in [2.05, 4.69) is 109 Å². The summed E-state index contributed by atoms with van der Waals surface area (Å²) >= 11 is 0. The number of aliphatic hydroxyl groups excluding tert-OH is 2. The monoisotopic (exact) mass is 478 g/mol. The van der Waals surface area contributed by atoms with E-state index >= 15 is 0 Å². The Kier molecular flexibility index (Phi) is 7.49. The number of aryl methyl sites for hydroxylation is 6. The summed E-state index contributed by atoms with van der Waals surface area (Å²) in [6, 6.07) is 23.1. The summed E-state index contributed by atoms with van der Waals surface area (Å²) in [6.07, 6.45) is -0.583. The van der Waals surface area contributed by atoms with Gasteiger partial charge in [-0.05, 0) is 111 Å². The molecule has 186 valence electrons. The van der Waals surface area contributed by atoms with Crippen LogP contribution in [0.1, 0.15) is 84.5 Å². The van der Waals surface area contributed by atoms with Crippen molar-refractivity contribution in [1.29, 1.82) is 0 Å². The zero-order valence-corrected chi connectivity index (χ0v) is 22.6. The van der Waals surface area contributed by atoms with Crippen LogP contribution in [0.25, 0.3) is 0 Å². The molecule has 0 aliphatic carbocycles. The van der Waals surface area contributed by atoms with Crippen LogP contribution in [0.4, 0.5) is 0 Å². The van der Waals surface area contributed by atoms with Gasteiger partial charge in [-0.25, -0.2) is 0 Å². The van der Waals surface area contributed by atoms with Gasteiger partial charge in [0.25, 0.3) is 0 Å². The van der Waals surface area contributed by atoms with E-state index in [1.807, 2.05) is 6.07 Å². The third kappa shape index (κ3) is 5.31. The second-order valence-electron chi connectivity index (χ2n) is 10.5. The molecule has 0 saturated heterocycles. The highest BCUT2D eigenvalue weighted by atomic mass is 16.3. The molecule has 0 spiro atoms. The van der Waals surface area contributed by atoms with Crippen LogP contribution >= 0.6 is 0 Å². The molecule has 36 heavy (non-hydrogen) atoms. The van der Waals surface area contributed by atoms with E-state index in [1.165, 1.54) is 5.56 Å². The van der Waals surface area contributed by atoms with Gasteiger partial charge in [-0.3, -0.25) is 0 Å². The van der Waals surface area contributed by atoms with E-state index in [4.69, 9.17) is 0 Å². The first kappa shape index (κ1) is 25.9. The first-order valence-electron chi connectivity index (χ1n) is 12.7. The highest BCUT2D eigenvalue weighted by Gasteiger charge is 2.21. The molecular weight excluding hydrogens is 440 g/mol. The third-order valence-electron chi connectivity index (χ3n) is 7.36. The van der Waals surface area contributed by atoms with E-state index in [0.29, 0.717) is 0 Å². The Balaban J connectivity index is 1.70. The fraction of sp³-hybridized carbons (Fsp3) is 0.294. The molecule has 0 heterocycles. The summed E-state index contributed by atoms with van der Waals surface area (Å²) in [6.45, 7) is 14.5. The maximum atomic E-state index is 11.5. The highest BCUT2D eigenvalue weighted by Crippen LogP contribution is 2.34. The van der Waals surface area contributed by atoms with Crippen LogP contribution in [0.15, 0.2) is 66.7 Å². The lowest BCUT2D eigenvalue weighted by Crippen LogP contribution is -2.10. The second-order valence-corrected chi connectivity index (χ2v) is 10.5. The second kappa shape index (κ2) is 10.4. The SMILES string of the molecule is Cc1cc(C)cc(C(O)c2cc(C)cc(Cc3ccc(C)c(C(O)c4c(C)cccc4C)c3C)c2)c1. The van der Waals surface area contributed by atoms with Crippen molar-refractivity contribution in [1.82, 2.24) is 0 Å². The average molecular weight is 479 g/mol. The molecular formula is C34H38O2. The predicted molar refractivity (Wildman–Crippen MR) is 150 cm³/mol. The molecule has 0 fully saturated rings. The lowest BCUT2D eigenvalue weighted by atomic mass is 9.85. The maximum Gasteiger partial charge on any atom is 0.105 e. The summed E-state index contributed by atoms with van der Waals surface area (Å²) in [5.74, 6) is 0. The number of aliphatic hydroxyl groups is 2. The molecule has 2 nitrogen and oxygen atoms in total. The third-order valence-corrected chi connectivity index (χ3v) is 7.36. The molecule has 2 atom stereocenters. The average Bonchev–Trinajstić information content (AvgIpc) is 2.79. The number of benzene rings is 4. The van der Waals surface area contributed by atoms with Gasteiger partial charge in [0.15, 0.2) is 0 Å².